The van der Waals surface area contributed by atoms with Crippen molar-refractivity contribution >= 4 is 23.4 Å². The van der Waals surface area contributed by atoms with Gasteiger partial charge in [-0.3, -0.25) is 14.7 Å². The summed E-state index contributed by atoms with van der Waals surface area (Å²) >= 11 is 0. The third-order valence-corrected chi connectivity index (χ3v) is 4.30. The lowest BCUT2D eigenvalue weighted by molar-refractivity contribution is -0.133. The third kappa shape index (κ3) is 2.89. The van der Waals surface area contributed by atoms with Gasteiger partial charge in [-0.2, -0.15) is 0 Å². The Balaban J connectivity index is 1.88. The number of hydrazine groups is 1. The molecule has 0 unspecified atom stereocenters. The van der Waals surface area contributed by atoms with Crippen molar-refractivity contribution in [3.63, 3.8) is 0 Å². The topological polar surface area (TPSA) is 69.2 Å². The Labute approximate surface area is 141 Å². The summed E-state index contributed by atoms with van der Waals surface area (Å²) in [5, 5.41) is 3.48. The summed E-state index contributed by atoms with van der Waals surface area (Å²) in [7, 11) is 0. The van der Waals surface area contributed by atoms with E-state index in [1.165, 1.54) is 4.90 Å². The minimum atomic E-state index is -0.193. The quantitative estimate of drug-likeness (QED) is 0.820. The molecule has 1 saturated heterocycles. The van der Waals surface area contributed by atoms with Gasteiger partial charge in [0.1, 0.15) is 6.54 Å². The Morgan fingerprint density at radius 1 is 1.21 bits per heavy atom. The number of aromatic nitrogens is 1. The summed E-state index contributed by atoms with van der Waals surface area (Å²) < 4.78 is 5.28. The molecule has 8 heteroatoms. The van der Waals surface area contributed by atoms with E-state index in [4.69, 9.17) is 4.74 Å². The zero-order valence-corrected chi connectivity index (χ0v) is 14.1. The molecule has 2 aliphatic heterocycles. The van der Waals surface area contributed by atoms with Gasteiger partial charge < -0.3 is 9.64 Å². The maximum atomic E-state index is 12.9. The first-order valence-electron chi connectivity index (χ1n) is 8.34. The van der Waals surface area contributed by atoms with Crippen LogP contribution in [-0.2, 0) is 9.53 Å². The summed E-state index contributed by atoms with van der Waals surface area (Å²) in [6.45, 7) is 7.29. The molecule has 0 aromatic carbocycles. The monoisotopic (exact) mass is 333 g/mol. The third-order valence-electron chi connectivity index (χ3n) is 4.30. The Bertz CT molecular complexity index is 617. The van der Waals surface area contributed by atoms with E-state index >= 15 is 0 Å². The molecule has 24 heavy (non-hydrogen) atoms. The van der Waals surface area contributed by atoms with Gasteiger partial charge in [-0.05, 0) is 26.0 Å². The fraction of sp³-hybridized carbons (Fsp3) is 0.562. The van der Waals surface area contributed by atoms with Crippen molar-refractivity contribution in [1.29, 1.82) is 0 Å². The molecule has 3 rings (SSSR count). The molecule has 0 radical (unpaired) electrons. The second-order valence-corrected chi connectivity index (χ2v) is 5.64. The van der Waals surface area contributed by atoms with Crippen molar-refractivity contribution < 1.29 is 14.3 Å². The molecule has 0 atom stereocenters. The fourth-order valence-corrected chi connectivity index (χ4v) is 3.09. The van der Waals surface area contributed by atoms with Crippen LogP contribution in [0, 0.1) is 0 Å². The molecule has 1 aromatic rings. The highest BCUT2D eigenvalue weighted by Gasteiger charge is 2.36. The number of morpholine rings is 1. The molecular weight excluding hydrogens is 310 g/mol. The molecule has 3 amide bonds. The van der Waals surface area contributed by atoms with Crippen LogP contribution < -0.4 is 9.91 Å². The molecule has 0 saturated carbocycles. The molecule has 0 spiro atoms. The van der Waals surface area contributed by atoms with E-state index in [1.54, 1.807) is 22.2 Å². The second-order valence-electron chi connectivity index (χ2n) is 5.64. The Kier molecular flexibility index (Phi) is 4.84. The number of fused-ring (bicyclic) bond motifs is 1. The summed E-state index contributed by atoms with van der Waals surface area (Å²) in [5.74, 6) is 0.638. The van der Waals surface area contributed by atoms with Gasteiger partial charge in [0.15, 0.2) is 5.82 Å². The summed E-state index contributed by atoms with van der Waals surface area (Å²) in [6, 6.07) is 3.43. The number of ether oxygens (including phenoxy) is 1. The van der Waals surface area contributed by atoms with Crippen LogP contribution in [0.4, 0.5) is 16.3 Å². The number of carbonyl (C=O) groups excluding carboxylic acids is 2. The van der Waals surface area contributed by atoms with Gasteiger partial charge in [-0.25, -0.2) is 14.8 Å². The number of nitrogens with zero attached hydrogens (tertiary/aromatic N) is 5. The lowest BCUT2D eigenvalue weighted by atomic mass is 10.2. The highest BCUT2D eigenvalue weighted by atomic mass is 16.5. The van der Waals surface area contributed by atoms with Crippen molar-refractivity contribution in [2.75, 3.05) is 55.8 Å². The number of amides is 3. The van der Waals surface area contributed by atoms with Crippen molar-refractivity contribution in [1.82, 2.24) is 14.9 Å². The van der Waals surface area contributed by atoms with Gasteiger partial charge in [-0.1, -0.05) is 0 Å². The Morgan fingerprint density at radius 2 is 1.92 bits per heavy atom. The minimum Gasteiger partial charge on any atom is -0.378 e. The van der Waals surface area contributed by atoms with Crippen LogP contribution in [0.3, 0.4) is 0 Å². The summed E-state index contributed by atoms with van der Waals surface area (Å²) in [4.78, 5) is 33.2. The fourth-order valence-electron chi connectivity index (χ4n) is 3.09. The SMILES string of the molecule is CCN1C(=O)N(CC(=O)N2CCOCC2)c2cccnc2N1CC. The van der Waals surface area contributed by atoms with Crippen LogP contribution in [0.1, 0.15) is 13.8 Å². The van der Waals surface area contributed by atoms with Gasteiger partial charge in [-0.15, -0.1) is 0 Å². The minimum absolute atomic E-state index is 0.0194. The predicted molar refractivity (Wildman–Crippen MR) is 89.8 cm³/mol. The lowest BCUT2D eigenvalue weighted by Gasteiger charge is -2.43. The average Bonchev–Trinajstić information content (AvgIpc) is 2.64. The molecule has 8 nitrogen and oxygen atoms in total. The van der Waals surface area contributed by atoms with E-state index in [1.807, 2.05) is 24.9 Å². The first-order valence-corrected chi connectivity index (χ1v) is 8.34. The van der Waals surface area contributed by atoms with Crippen molar-refractivity contribution in [3.05, 3.63) is 18.3 Å². The van der Waals surface area contributed by atoms with Crippen LogP contribution in [0.2, 0.25) is 0 Å². The number of carbonyl (C=O) groups is 2. The first-order chi connectivity index (χ1) is 11.7. The normalized spacial score (nSPS) is 18.0. The standard InChI is InChI=1S/C16H23N5O3/c1-3-20-15-13(6-5-7-17-15)19(16(23)21(20)4-2)12-14(22)18-8-10-24-11-9-18/h5-7H,3-4,8-12H2,1-2H3. The van der Waals surface area contributed by atoms with Crippen LogP contribution in [0.5, 0.6) is 0 Å². The second kappa shape index (κ2) is 7.04. The lowest BCUT2D eigenvalue weighted by Crippen LogP contribution is -2.59. The zero-order valence-electron chi connectivity index (χ0n) is 14.1. The number of hydrogen-bond donors (Lipinski definition) is 0. The number of hydrogen-bond acceptors (Lipinski definition) is 5. The van der Waals surface area contributed by atoms with Crippen molar-refractivity contribution in [2.24, 2.45) is 0 Å². The van der Waals surface area contributed by atoms with E-state index in [0.717, 1.165) is 0 Å². The van der Waals surface area contributed by atoms with Crippen molar-refractivity contribution in [2.45, 2.75) is 13.8 Å². The number of urea groups is 1. The van der Waals surface area contributed by atoms with Crippen molar-refractivity contribution in [3.8, 4) is 0 Å². The number of rotatable bonds is 4. The average molecular weight is 333 g/mol. The molecule has 0 N–H and O–H groups in total. The Hall–Kier alpha value is -2.35. The predicted octanol–water partition coefficient (Wildman–Crippen LogP) is 0.944. The maximum Gasteiger partial charge on any atom is 0.343 e. The Morgan fingerprint density at radius 3 is 2.58 bits per heavy atom. The zero-order chi connectivity index (χ0) is 17.1. The molecule has 2 aliphatic rings. The van der Waals surface area contributed by atoms with Crippen LogP contribution >= 0.6 is 0 Å². The largest absolute Gasteiger partial charge is 0.378 e. The van der Waals surface area contributed by atoms with E-state index in [9.17, 15) is 9.59 Å². The van der Waals surface area contributed by atoms with Crippen LogP contribution in [0.25, 0.3) is 0 Å². The van der Waals surface area contributed by atoms with E-state index in [-0.39, 0.29) is 18.5 Å². The molecule has 1 fully saturated rings. The highest BCUT2D eigenvalue weighted by molar-refractivity contribution is 6.03. The summed E-state index contributed by atoms with van der Waals surface area (Å²) in [5.41, 5.74) is 0.677. The van der Waals surface area contributed by atoms with Gasteiger partial charge >= 0.3 is 6.03 Å². The number of pyridine rings is 1. The van der Waals surface area contributed by atoms with Gasteiger partial charge in [0.05, 0.1) is 18.9 Å². The highest BCUT2D eigenvalue weighted by Crippen LogP contribution is 2.33. The smallest absolute Gasteiger partial charge is 0.343 e. The first kappa shape index (κ1) is 16.5. The van der Waals surface area contributed by atoms with Gasteiger partial charge in [0.2, 0.25) is 5.91 Å². The molecule has 1 aromatic heterocycles. The van der Waals surface area contributed by atoms with Crippen LogP contribution in [0.15, 0.2) is 18.3 Å². The summed E-state index contributed by atoms with van der Waals surface area (Å²) in [6.07, 6.45) is 1.70. The molecule has 0 bridgehead atoms. The van der Waals surface area contributed by atoms with E-state index in [0.29, 0.717) is 50.9 Å². The molecule has 3 heterocycles. The maximum absolute atomic E-state index is 12.9. The van der Waals surface area contributed by atoms with E-state index in [2.05, 4.69) is 4.98 Å². The van der Waals surface area contributed by atoms with Gasteiger partial charge in [0.25, 0.3) is 0 Å². The number of anilines is 2. The van der Waals surface area contributed by atoms with Gasteiger partial charge in [0, 0.05) is 32.4 Å². The van der Waals surface area contributed by atoms with E-state index < -0.39 is 0 Å². The molecule has 0 aliphatic carbocycles. The molecular formula is C16H23N5O3. The van der Waals surface area contributed by atoms with Crippen LogP contribution in [-0.4, -0.2) is 72.8 Å². The molecule has 130 valence electrons.